The first-order valence-electron chi connectivity index (χ1n) is 8.42. The van der Waals surface area contributed by atoms with Crippen molar-refractivity contribution >= 4 is 37.4 Å². The van der Waals surface area contributed by atoms with Gasteiger partial charge in [0, 0.05) is 37.4 Å². The molecule has 0 atom stereocenters. The number of nitrogens with zero attached hydrogens (tertiary/aromatic N) is 2. The van der Waals surface area contributed by atoms with Crippen molar-refractivity contribution < 1.29 is 18.3 Å². The fourth-order valence-electron chi connectivity index (χ4n) is 3.37. The summed E-state index contributed by atoms with van der Waals surface area (Å²) < 4.78 is 27.2. The topological polar surface area (TPSA) is 77.9 Å². The maximum atomic E-state index is 12.3. The van der Waals surface area contributed by atoms with Crippen molar-refractivity contribution in [1.29, 1.82) is 0 Å². The molecule has 0 radical (unpaired) electrons. The van der Waals surface area contributed by atoms with Crippen LogP contribution in [0.5, 0.6) is 0 Å². The van der Waals surface area contributed by atoms with Crippen molar-refractivity contribution in [2.45, 2.75) is 24.6 Å². The van der Waals surface area contributed by atoms with E-state index in [1.54, 1.807) is 4.31 Å². The highest BCUT2D eigenvalue weighted by molar-refractivity contribution is 7.90. The SMILES string of the molecule is O=C(O)c1sc2ccccc2c1CN1CCN(S(=O)(=O)C2CC2)CC1. The van der Waals surface area contributed by atoms with E-state index in [0.29, 0.717) is 37.6 Å². The largest absolute Gasteiger partial charge is 0.477 e. The lowest BCUT2D eigenvalue weighted by atomic mass is 10.1. The molecule has 0 spiro atoms. The van der Waals surface area contributed by atoms with Gasteiger partial charge in [-0.2, -0.15) is 4.31 Å². The molecule has 0 unspecified atom stereocenters. The first-order valence-corrected chi connectivity index (χ1v) is 10.7. The van der Waals surface area contributed by atoms with E-state index in [9.17, 15) is 18.3 Å². The third kappa shape index (κ3) is 3.19. The van der Waals surface area contributed by atoms with Gasteiger partial charge in [0.25, 0.3) is 0 Å². The molecule has 1 aliphatic heterocycles. The van der Waals surface area contributed by atoms with Crippen LogP contribution in [0.15, 0.2) is 24.3 Å². The minimum Gasteiger partial charge on any atom is -0.477 e. The van der Waals surface area contributed by atoms with E-state index >= 15 is 0 Å². The maximum absolute atomic E-state index is 12.3. The Morgan fingerprint density at radius 2 is 1.84 bits per heavy atom. The zero-order chi connectivity index (χ0) is 17.6. The summed E-state index contributed by atoms with van der Waals surface area (Å²) in [6, 6.07) is 7.73. The Balaban J connectivity index is 1.51. The van der Waals surface area contributed by atoms with E-state index in [0.717, 1.165) is 28.5 Å². The Labute approximate surface area is 150 Å². The molecule has 6 nitrogen and oxygen atoms in total. The number of fused-ring (bicyclic) bond motifs is 1. The molecular formula is C17H20N2O4S2. The van der Waals surface area contributed by atoms with Gasteiger partial charge in [0.15, 0.2) is 0 Å². The number of carboxylic acid groups (broad SMARTS) is 1. The van der Waals surface area contributed by atoms with Crippen LogP contribution >= 0.6 is 11.3 Å². The van der Waals surface area contributed by atoms with Crippen molar-refractivity contribution in [2.24, 2.45) is 0 Å². The summed E-state index contributed by atoms with van der Waals surface area (Å²) in [5.41, 5.74) is 0.839. The number of piperazine rings is 1. The normalized spacial score (nSPS) is 20.2. The highest BCUT2D eigenvalue weighted by Crippen LogP contribution is 2.34. The molecule has 1 saturated carbocycles. The van der Waals surface area contributed by atoms with Crippen LogP contribution in [0.25, 0.3) is 10.1 Å². The van der Waals surface area contributed by atoms with Crippen LogP contribution in [0.1, 0.15) is 28.1 Å². The average molecular weight is 380 g/mol. The van der Waals surface area contributed by atoms with E-state index in [4.69, 9.17) is 0 Å². The smallest absolute Gasteiger partial charge is 0.346 e. The monoisotopic (exact) mass is 380 g/mol. The fraction of sp³-hybridized carbons (Fsp3) is 0.471. The predicted molar refractivity (Wildman–Crippen MR) is 97.6 cm³/mol. The average Bonchev–Trinajstić information content (AvgIpc) is 3.39. The van der Waals surface area contributed by atoms with E-state index < -0.39 is 16.0 Å². The molecule has 1 aliphatic carbocycles. The fourth-order valence-corrected chi connectivity index (χ4v) is 6.25. The first-order chi connectivity index (χ1) is 12.0. The van der Waals surface area contributed by atoms with Crippen LogP contribution in [0.4, 0.5) is 0 Å². The standard InChI is InChI=1S/C17H20N2O4S2/c20-17(21)16-14(13-3-1-2-4-15(13)24-16)11-18-7-9-19(10-8-18)25(22,23)12-5-6-12/h1-4,12H,5-11H2,(H,20,21). The lowest BCUT2D eigenvalue weighted by Crippen LogP contribution is -2.49. The van der Waals surface area contributed by atoms with Crippen molar-refractivity contribution in [3.8, 4) is 0 Å². The first kappa shape index (κ1) is 17.0. The Bertz CT molecular complexity index is 910. The van der Waals surface area contributed by atoms with Crippen molar-refractivity contribution in [3.05, 3.63) is 34.7 Å². The van der Waals surface area contributed by atoms with Gasteiger partial charge < -0.3 is 5.11 Å². The van der Waals surface area contributed by atoms with Crippen LogP contribution in [-0.2, 0) is 16.6 Å². The van der Waals surface area contributed by atoms with Crippen molar-refractivity contribution in [1.82, 2.24) is 9.21 Å². The summed E-state index contributed by atoms with van der Waals surface area (Å²) in [5, 5.41) is 10.3. The van der Waals surface area contributed by atoms with Crippen LogP contribution in [-0.4, -0.2) is 60.1 Å². The molecule has 8 heteroatoms. The highest BCUT2D eigenvalue weighted by atomic mass is 32.2. The molecule has 4 rings (SSSR count). The number of benzene rings is 1. The molecule has 2 heterocycles. The predicted octanol–water partition coefficient (Wildman–Crippen LogP) is 2.21. The Morgan fingerprint density at radius 1 is 1.16 bits per heavy atom. The van der Waals surface area contributed by atoms with E-state index in [1.165, 1.54) is 11.3 Å². The molecule has 25 heavy (non-hydrogen) atoms. The molecule has 0 bridgehead atoms. The third-order valence-corrected chi connectivity index (χ3v) is 8.51. The number of carbonyl (C=O) groups is 1. The van der Waals surface area contributed by atoms with Crippen LogP contribution in [0.3, 0.4) is 0 Å². The zero-order valence-corrected chi connectivity index (χ0v) is 15.4. The summed E-state index contributed by atoms with van der Waals surface area (Å²) in [5.74, 6) is -0.897. The van der Waals surface area contributed by atoms with Crippen LogP contribution in [0, 0.1) is 0 Å². The van der Waals surface area contributed by atoms with Crippen molar-refractivity contribution in [2.75, 3.05) is 26.2 Å². The lowest BCUT2D eigenvalue weighted by Gasteiger charge is -2.34. The van der Waals surface area contributed by atoms with Crippen molar-refractivity contribution in [3.63, 3.8) is 0 Å². The second-order valence-electron chi connectivity index (χ2n) is 6.63. The van der Waals surface area contributed by atoms with E-state index in [1.807, 2.05) is 24.3 Å². The third-order valence-electron chi connectivity index (χ3n) is 4.91. The molecule has 2 fully saturated rings. The Kier molecular flexibility index (Phi) is 4.31. The van der Waals surface area contributed by atoms with Gasteiger partial charge in [0.05, 0.1) is 5.25 Å². The molecule has 134 valence electrons. The molecule has 1 N–H and O–H groups in total. The summed E-state index contributed by atoms with van der Waals surface area (Å²) in [7, 11) is -3.12. The van der Waals surface area contributed by atoms with E-state index in [2.05, 4.69) is 4.90 Å². The molecule has 2 aromatic rings. The maximum Gasteiger partial charge on any atom is 0.346 e. The molecule has 2 aliphatic rings. The second kappa shape index (κ2) is 6.35. The number of hydrogen-bond donors (Lipinski definition) is 1. The van der Waals surface area contributed by atoms with Gasteiger partial charge in [-0.3, -0.25) is 4.90 Å². The van der Waals surface area contributed by atoms with Gasteiger partial charge in [-0.15, -0.1) is 11.3 Å². The van der Waals surface area contributed by atoms with Gasteiger partial charge in [-0.25, -0.2) is 13.2 Å². The minimum atomic E-state index is -3.12. The van der Waals surface area contributed by atoms with Gasteiger partial charge in [0.1, 0.15) is 4.88 Å². The number of thiophene rings is 1. The molecule has 1 aromatic heterocycles. The highest BCUT2D eigenvalue weighted by Gasteiger charge is 2.41. The quantitative estimate of drug-likeness (QED) is 0.860. The summed E-state index contributed by atoms with van der Waals surface area (Å²) >= 11 is 1.31. The van der Waals surface area contributed by atoms with Gasteiger partial charge in [-0.1, -0.05) is 18.2 Å². The number of sulfonamides is 1. The molecule has 1 saturated heterocycles. The van der Waals surface area contributed by atoms with E-state index in [-0.39, 0.29) is 5.25 Å². The molecular weight excluding hydrogens is 360 g/mol. The molecule has 1 aromatic carbocycles. The number of aromatic carboxylic acids is 1. The number of carboxylic acids is 1. The Morgan fingerprint density at radius 3 is 2.48 bits per heavy atom. The second-order valence-corrected chi connectivity index (χ2v) is 9.90. The zero-order valence-electron chi connectivity index (χ0n) is 13.7. The number of hydrogen-bond acceptors (Lipinski definition) is 5. The summed E-state index contributed by atoms with van der Waals surface area (Å²) in [6.07, 6.45) is 1.57. The minimum absolute atomic E-state index is 0.168. The number of rotatable bonds is 5. The summed E-state index contributed by atoms with van der Waals surface area (Å²) in [6.45, 7) is 2.79. The van der Waals surface area contributed by atoms with Crippen LogP contribution < -0.4 is 0 Å². The summed E-state index contributed by atoms with van der Waals surface area (Å²) in [4.78, 5) is 14.1. The lowest BCUT2D eigenvalue weighted by molar-refractivity contribution is 0.0699. The Hall–Kier alpha value is -1.48. The van der Waals surface area contributed by atoms with Gasteiger partial charge in [-0.05, 0) is 29.9 Å². The molecule has 0 amide bonds. The van der Waals surface area contributed by atoms with Gasteiger partial charge in [0.2, 0.25) is 10.0 Å². The van der Waals surface area contributed by atoms with Gasteiger partial charge >= 0.3 is 5.97 Å². The van der Waals surface area contributed by atoms with Crippen LogP contribution in [0.2, 0.25) is 0 Å².